The Hall–Kier alpha value is -1.55. The van der Waals surface area contributed by atoms with E-state index in [-0.39, 0.29) is 6.29 Å². The number of ether oxygens (including phenoxy) is 3. The van der Waals surface area contributed by atoms with Crippen molar-refractivity contribution < 1.29 is 14.2 Å². The summed E-state index contributed by atoms with van der Waals surface area (Å²) in [7, 11) is 0. The van der Waals surface area contributed by atoms with Crippen LogP contribution in [0.5, 0.6) is 5.75 Å². The van der Waals surface area contributed by atoms with E-state index >= 15 is 0 Å². The zero-order chi connectivity index (χ0) is 15.5. The molecule has 22 heavy (non-hydrogen) atoms. The highest BCUT2D eigenvalue weighted by Crippen LogP contribution is 2.31. The van der Waals surface area contributed by atoms with Gasteiger partial charge in [0, 0.05) is 16.1 Å². The van der Waals surface area contributed by atoms with E-state index in [0.29, 0.717) is 24.8 Å². The minimum atomic E-state index is -0.351. The summed E-state index contributed by atoms with van der Waals surface area (Å²) in [6.07, 6.45) is -0.351. The third-order valence-electron chi connectivity index (χ3n) is 3.75. The highest BCUT2D eigenvalue weighted by atomic mass is 35.5. The van der Waals surface area contributed by atoms with Crippen molar-refractivity contribution in [2.75, 3.05) is 13.2 Å². The van der Waals surface area contributed by atoms with Gasteiger partial charge in [0.1, 0.15) is 12.4 Å². The van der Waals surface area contributed by atoms with Crippen LogP contribution in [-0.4, -0.2) is 13.2 Å². The van der Waals surface area contributed by atoms with E-state index in [2.05, 4.69) is 12.1 Å². The van der Waals surface area contributed by atoms with E-state index in [4.69, 9.17) is 25.8 Å². The minimum absolute atomic E-state index is 0.351. The maximum Gasteiger partial charge on any atom is 0.184 e. The Labute approximate surface area is 135 Å². The average Bonchev–Trinajstić information content (AvgIpc) is 3.03. The quantitative estimate of drug-likeness (QED) is 0.825. The SMILES string of the molecule is Cc1ccc(C)c(OCc2c(Cl)cccc2C2OCCO2)c1. The fourth-order valence-electron chi connectivity index (χ4n) is 2.50. The molecule has 0 bridgehead atoms. The number of halogens is 1. The molecule has 0 amide bonds. The molecule has 2 aromatic carbocycles. The Morgan fingerprint density at radius 3 is 2.68 bits per heavy atom. The molecule has 0 aromatic heterocycles. The molecule has 0 unspecified atom stereocenters. The summed E-state index contributed by atoms with van der Waals surface area (Å²) in [6.45, 7) is 5.68. The van der Waals surface area contributed by atoms with Gasteiger partial charge in [0.25, 0.3) is 0 Å². The first-order valence-corrected chi connectivity index (χ1v) is 7.73. The summed E-state index contributed by atoms with van der Waals surface area (Å²) < 4.78 is 17.2. The molecule has 2 aromatic rings. The number of hydrogen-bond donors (Lipinski definition) is 0. The lowest BCUT2D eigenvalue weighted by atomic mass is 10.1. The Bertz CT molecular complexity index is 663. The van der Waals surface area contributed by atoms with Crippen LogP contribution in [0.4, 0.5) is 0 Å². The van der Waals surface area contributed by atoms with Crippen molar-refractivity contribution in [1.29, 1.82) is 0 Å². The van der Waals surface area contributed by atoms with Gasteiger partial charge in [0.15, 0.2) is 6.29 Å². The molecule has 1 fully saturated rings. The molecule has 1 heterocycles. The second-order valence-corrected chi connectivity index (χ2v) is 5.85. The molecule has 1 saturated heterocycles. The van der Waals surface area contributed by atoms with Crippen molar-refractivity contribution in [3.63, 3.8) is 0 Å². The monoisotopic (exact) mass is 318 g/mol. The Kier molecular flexibility index (Phi) is 4.67. The van der Waals surface area contributed by atoms with E-state index in [9.17, 15) is 0 Å². The molecular weight excluding hydrogens is 300 g/mol. The summed E-state index contributed by atoms with van der Waals surface area (Å²) in [5.74, 6) is 0.874. The first kappa shape index (κ1) is 15.3. The van der Waals surface area contributed by atoms with E-state index in [1.165, 1.54) is 5.56 Å². The lowest BCUT2D eigenvalue weighted by Gasteiger charge is -2.17. The molecule has 0 spiro atoms. The van der Waals surface area contributed by atoms with Gasteiger partial charge >= 0.3 is 0 Å². The molecule has 0 atom stereocenters. The normalized spacial score (nSPS) is 15.2. The molecular formula is C18H19ClO3. The summed E-state index contributed by atoms with van der Waals surface area (Å²) in [5.41, 5.74) is 4.13. The summed E-state index contributed by atoms with van der Waals surface area (Å²) in [6, 6.07) is 11.9. The topological polar surface area (TPSA) is 27.7 Å². The van der Waals surface area contributed by atoms with Gasteiger partial charge in [-0.3, -0.25) is 0 Å². The highest BCUT2D eigenvalue weighted by molar-refractivity contribution is 6.31. The lowest BCUT2D eigenvalue weighted by Crippen LogP contribution is -2.07. The maximum atomic E-state index is 6.35. The number of rotatable bonds is 4. The van der Waals surface area contributed by atoms with Crippen molar-refractivity contribution in [2.45, 2.75) is 26.7 Å². The van der Waals surface area contributed by atoms with Crippen molar-refractivity contribution >= 4 is 11.6 Å². The zero-order valence-corrected chi connectivity index (χ0v) is 13.5. The van der Waals surface area contributed by atoms with Crippen LogP contribution in [0.3, 0.4) is 0 Å². The van der Waals surface area contributed by atoms with Gasteiger partial charge in [-0.05, 0) is 37.1 Å². The Morgan fingerprint density at radius 2 is 1.91 bits per heavy atom. The summed E-state index contributed by atoms with van der Waals surface area (Å²) in [4.78, 5) is 0. The lowest BCUT2D eigenvalue weighted by molar-refractivity contribution is -0.0451. The molecule has 1 aliphatic rings. The first-order valence-electron chi connectivity index (χ1n) is 7.35. The van der Waals surface area contributed by atoms with Crippen molar-refractivity contribution in [1.82, 2.24) is 0 Å². The van der Waals surface area contributed by atoms with Crippen molar-refractivity contribution in [3.05, 3.63) is 63.7 Å². The van der Waals surface area contributed by atoms with Crippen LogP contribution in [0, 0.1) is 13.8 Å². The summed E-state index contributed by atoms with van der Waals surface area (Å²) in [5, 5.41) is 0.668. The second-order valence-electron chi connectivity index (χ2n) is 5.44. The van der Waals surface area contributed by atoms with Crippen LogP contribution in [0.25, 0.3) is 0 Å². The third-order valence-corrected chi connectivity index (χ3v) is 4.10. The fourth-order valence-corrected chi connectivity index (χ4v) is 2.74. The van der Waals surface area contributed by atoms with Gasteiger partial charge in [-0.1, -0.05) is 35.9 Å². The molecule has 3 nitrogen and oxygen atoms in total. The van der Waals surface area contributed by atoms with Gasteiger partial charge in [0.2, 0.25) is 0 Å². The van der Waals surface area contributed by atoms with Crippen LogP contribution < -0.4 is 4.74 Å². The molecule has 4 heteroatoms. The number of hydrogen-bond acceptors (Lipinski definition) is 3. The number of aryl methyl sites for hydroxylation is 2. The van der Waals surface area contributed by atoms with Crippen molar-refractivity contribution in [3.8, 4) is 5.75 Å². The van der Waals surface area contributed by atoms with Crippen LogP contribution >= 0.6 is 11.6 Å². The van der Waals surface area contributed by atoms with Crippen LogP contribution in [0.2, 0.25) is 5.02 Å². The average molecular weight is 319 g/mol. The molecule has 0 aliphatic carbocycles. The second kappa shape index (κ2) is 6.69. The standard InChI is InChI=1S/C18H19ClO3/c1-12-6-7-13(2)17(10-12)22-11-15-14(4-3-5-16(15)19)18-20-8-9-21-18/h3-7,10,18H,8-9,11H2,1-2H3. The third kappa shape index (κ3) is 3.27. The molecule has 116 valence electrons. The predicted molar refractivity (Wildman–Crippen MR) is 86.3 cm³/mol. The van der Waals surface area contributed by atoms with Gasteiger partial charge in [-0.25, -0.2) is 0 Å². The molecule has 3 rings (SSSR count). The van der Waals surface area contributed by atoms with E-state index < -0.39 is 0 Å². The first-order chi connectivity index (χ1) is 10.6. The zero-order valence-electron chi connectivity index (χ0n) is 12.8. The van der Waals surface area contributed by atoms with E-state index in [1.807, 2.05) is 38.1 Å². The smallest absolute Gasteiger partial charge is 0.184 e. The fraction of sp³-hybridized carbons (Fsp3) is 0.333. The molecule has 1 aliphatic heterocycles. The van der Waals surface area contributed by atoms with Gasteiger partial charge in [0.05, 0.1) is 13.2 Å². The largest absolute Gasteiger partial charge is 0.489 e. The summed E-state index contributed by atoms with van der Waals surface area (Å²) >= 11 is 6.35. The molecule has 0 saturated carbocycles. The Morgan fingerprint density at radius 1 is 1.14 bits per heavy atom. The highest BCUT2D eigenvalue weighted by Gasteiger charge is 2.22. The van der Waals surface area contributed by atoms with Gasteiger partial charge < -0.3 is 14.2 Å². The van der Waals surface area contributed by atoms with Gasteiger partial charge in [-0.2, -0.15) is 0 Å². The maximum absolute atomic E-state index is 6.35. The molecule has 0 N–H and O–H groups in total. The number of benzene rings is 2. The predicted octanol–water partition coefficient (Wildman–Crippen LogP) is 4.58. The van der Waals surface area contributed by atoms with Crippen LogP contribution in [-0.2, 0) is 16.1 Å². The minimum Gasteiger partial charge on any atom is -0.489 e. The van der Waals surface area contributed by atoms with Crippen molar-refractivity contribution in [2.24, 2.45) is 0 Å². The van der Waals surface area contributed by atoms with Crippen LogP contribution in [0.1, 0.15) is 28.5 Å². The van der Waals surface area contributed by atoms with Crippen LogP contribution in [0.15, 0.2) is 36.4 Å². The van der Waals surface area contributed by atoms with E-state index in [1.54, 1.807) is 0 Å². The Balaban J connectivity index is 1.84. The van der Waals surface area contributed by atoms with Gasteiger partial charge in [-0.15, -0.1) is 0 Å². The molecule has 0 radical (unpaired) electrons. The van der Waals surface area contributed by atoms with E-state index in [0.717, 1.165) is 22.4 Å².